The Bertz CT molecular complexity index is 1170. The zero-order chi connectivity index (χ0) is 19.7. The summed E-state index contributed by atoms with van der Waals surface area (Å²) in [6.45, 7) is 3.35. The topological polar surface area (TPSA) is 69.2 Å². The molecule has 6 heteroatoms. The van der Waals surface area contributed by atoms with E-state index in [-0.39, 0.29) is 5.78 Å². The number of thiazole rings is 1. The van der Waals surface area contributed by atoms with E-state index in [0.717, 1.165) is 15.2 Å². The maximum absolute atomic E-state index is 12.8. The summed E-state index contributed by atoms with van der Waals surface area (Å²) < 4.78 is 6.47. The number of rotatable bonds is 5. The molecule has 5 nitrogen and oxygen atoms in total. The average molecular weight is 390 g/mol. The minimum atomic E-state index is -0.782. The Hall–Kier alpha value is -3.12. The van der Waals surface area contributed by atoms with Crippen LogP contribution in [0.2, 0.25) is 0 Å². The normalized spacial score (nSPS) is 12.2. The van der Waals surface area contributed by atoms with Crippen molar-refractivity contribution in [3.8, 4) is 10.7 Å². The van der Waals surface area contributed by atoms with Crippen molar-refractivity contribution < 1.29 is 14.3 Å². The zero-order valence-electron chi connectivity index (χ0n) is 15.5. The van der Waals surface area contributed by atoms with E-state index >= 15 is 0 Å². The van der Waals surface area contributed by atoms with Gasteiger partial charge < -0.3 is 4.74 Å². The number of hydrogen-bond donors (Lipinski definition) is 0. The Kier molecular flexibility index (Phi) is 4.88. The molecular formula is C22H18N2O3S. The molecule has 0 bridgehead atoms. The number of nitrogens with zero attached hydrogens (tertiary/aromatic N) is 2. The minimum Gasteiger partial charge on any atom is -0.451 e. The number of fused-ring (bicyclic) bond motifs is 2. The van der Waals surface area contributed by atoms with Crippen LogP contribution in [-0.4, -0.2) is 27.8 Å². The van der Waals surface area contributed by atoms with Gasteiger partial charge in [0.1, 0.15) is 10.7 Å². The number of Topliss-reactive ketones (excluding diaryl/α,β-unsaturated/α-hetero) is 1. The summed E-state index contributed by atoms with van der Waals surface area (Å²) in [7, 11) is 0. The van der Waals surface area contributed by atoms with Crippen molar-refractivity contribution in [1.82, 2.24) is 9.97 Å². The molecule has 0 N–H and O–H groups in total. The molecule has 0 amide bonds. The van der Waals surface area contributed by atoms with E-state index in [4.69, 9.17) is 4.74 Å². The smallest absolute Gasteiger partial charge is 0.339 e. The minimum absolute atomic E-state index is 0.113. The van der Waals surface area contributed by atoms with Crippen LogP contribution in [0, 0.1) is 0 Å². The van der Waals surface area contributed by atoms with Crippen molar-refractivity contribution in [3.05, 3.63) is 60.2 Å². The predicted molar refractivity (Wildman–Crippen MR) is 111 cm³/mol. The highest BCUT2D eigenvalue weighted by Gasteiger charge is 2.21. The van der Waals surface area contributed by atoms with Gasteiger partial charge in [-0.3, -0.25) is 4.79 Å². The van der Waals surface area contributed by atoms with Crippen molar-refractivity contribution in [3.63, 3.8) is 0 Å². The summed E-state index contributed by atoms with van der Waals surface area (Å²) in [5.41, 5.74) is 2.57. The van der Waals surface area contributed by atoms with E-state index in [0.29, 0.717) is 28.6 Å². The van der Waals surface area contributed by atoms with E-state index in [9.17, 15) is 9.59 Å². The van der Waals surface area contributed by atoms with Gasteiger partial charge in [0.25, 0.3) is 0 Å². The lowest BCUT2D eigenvalue weighted by atomic mass is 10.1. The molecule has 0 radical (unpaired) electrons. The molecule has 4 rings (SSSR count). The molecule has 0 aliphatic rings. The average Bonchev–Trinajstić information content (AvgIpc) is 3.16. The van der Waals surface area contributed by atoms with Gasteiger partial charge in [0, 0.05) is 11.8 Å². The number of ketones is 1. The second kappa shape index (κ2) is 7.48. The lowest BCUT2D eigenvalue weighted by molar-refractivity contribution is -0.126. The van der Waals surface area contributed by atoms with Crippen molar-refractivity contribution in [2.24, 2.45) is 0 Å². The predicted octanol–water partition coefficient (Wildman–Crippen LogP) is 5.04. The molecule has 2 aromatic heterocycles. The van der Waals surface area contributed by atoms with Crippen LogP contribution in [-0.2, 0) is 9.53 Å². The Balaban J connectivity index is 1.81. The van der Waals surface area contributed by atoms with Crippen LogP contribution >= 0.6 is 11.3 Å². The van der Waals surface area contributed by atoms with E-state index in [1.807, 2.05) is 48.5 Å². The molecule has 4 aromatic rings. The molecule has 0 spiro atoms. The van der Waals surface area contributed by atoms with Crippen molar-refractivity contribution >= 4 is 44.2 Å². The van der Waals surface area contributed by atoms with Gasteiger partial charge in [-0.05, 0) is 31.2 Å². The first kappa shape index (κ1) is 18.3. The fourth-order valence-electron chi connectivity index (χ4n) is 3.01. The Morgan fingerprint density at radius 2 is 1.75 bits per heavy atom. The number of para-hydroxylation sites is 2. The molecule has 0 aliphatic carbocycles. The van der Waals surface area contributed by atoms with E-state index < -0.39 is 12.1 Å². The number of ether oxygens (including phenoxy) is 1. The monoisotopic (exact) mass is 390 g/mol. The summed E-state index contributed by atoms with van der Waals surface area (Å²) in [5, 5.41) is 1.42. The summed E-state index contributed by atoms with van der Waals surface area (Å²) in [5.74, 6) is -0.645. The molecule has 0 saturated heterocycles. The molecule has 2 aromatic carbocycles. The molecule has 28 heavy (non-hydrogen) atoms. The maximum atomic E-state index is 12.8. The lowest BCUT2D eigenvalue weighted by Gasteiger charge is -2.13. The number of carbonyl (C=O) groups is 2. The van der Waals surface area contributed by atoms with Gasteiger partial charge in [-0.2, -0.15) is 0 Å². The Morgan fingerprint density at radius 1 is 1.04 bits per heavy atom. The van der Waals surface area contributed by atoms with Crippen molar-refractivity contribution in [2.75, 3.05) is 0 Å². The van der Waals surface area contributed by atoms with E-state index in [2.05, 4.69) is 9.97 Å². The highest BCUT2D eigenvalue weighted by Crippen LogP contribution is 2.31. The standard InChI is InChI=1S/C22H18N2O3S/c1-3-19(25)13(2)27-22(26)15-12-18(23-16-9-5-4-8-14(15)16)21-24-17-10-6-7-11-20(17)28-21/h4-13H,3H2,1-2H3/t13-/m0/s1. The number of carbonyl (C=O) groups excluding carboxylic acids is 2. The van der Waals surface area contributed by atoms with Crippen LogP contribution in [0.25, 0.3) is 31.8 Å². The van der Waals surface area contributed by atoms with Gasteiger partial charge in [0.05, 0.1) is 21.3 Å². The van der Waals surface area contributed by atoms with Crippen LogP contribution in [0.15, 0.2) is 54.6 Å². The summed E-state index contributed by atoms with van der Waals surface area (Å²) in [6.07, 6.45) is -0.460. The van der Waals surface area contributed by atoms with Gasteiger partial charge in [-0.15, -0.1) is 11.3 Å². The molecule has 0 aliphatic heterocycles. The third kappa shape index (κ3) is 3.39. The van der Waals surface area contributed by atoms with Crippen LogP contribution in [0.4, 0.5) is 0 Å². The first-order valence-corrected chi connectivity index (χ1v) is 9.88. The zero-order valence-corrected chi connectivity index (χ0v) is 16.3. The van der Waals surface area contributed by atoms with Crippen molar-refractivity contribution in [2.45, 2.75) is 26.4 Å². The largest absolute Gasteiger partial charge is 0.451 e. The lowest BCUT2D eigenvalue weighted by Crippen LogP contribution is -2.23. The van der Waals surface area contributed by atoms with E-state index in [1.54, 1.807) is 19.9 Å². The van der Waals surface area contributed by atoms with Crippen LogP contribution in [0.5, 0.6) is 0 Å². The van der Waals surface area contributed by atoms with E-state index in [1.165, 1.54) is 11.3 Å². The number of pyridine rings is 1. The highest BCUT2D eigenvalue weighted by atomic mass is 32.1. The SMILES string of the molecule is CCC(=O)[C@H](C)OC(=O)c1cc(-c2nc3ccccc3s2)nc2ccccc12. The van der Waals surface area contributed by atoms with Gasteiger partial charge >= 0.3 is 5.97 Å². The molecular weight excluding hydrogens is 372 g/mol. The van der Waals surface area contributed by atoms with Gasteiger partial charge in [-0.25, -0.2) is 14.8 Å². The maximum Gasteiger partial charge on any atom is 0.339 e. The van der Waals surface area contributed by atoms with Gasteiger partial charge in [0.2, 0.25) is 0 Å². The number of esters is 1. The second-order valence-corrected chi connectivity index (χ2v) is 7.46. The first-order valence-electron chi connectivity index (χ1n) is 9.06. The van der Waals surface area contributed by atoms with Gasteiger partial charge in [0.15, 0.2) is 11.9 Å². The number of aromatic nitrogens is 2. The third-order valence-electron chi connectivity index (χ3n) is 4.53. The third-order valence-corrected chi connectivity index (χ3v) is 5.59. The molecule has 0 fully saturated rings. The summed E-state index contributed by atoms with van der Waals surface area (Å²) >= 11 is 1.52. The molecule has 140 valence electrons. The number of benzene rings is 2. The summed E-state index contributed by atoms with van der Waals surface area (Å²) in [4.78, 5) is 34.0. The summed E-state index contributed by atoms with van der Waals surface area (Å²) in [6, 6.07) is 17.0. The van der Waals surface area contributed by atoms with Gasteiger partial charge in [-0.1, -0.05) is 37.3 Å². The fourth-order valence-corrected chi connectivity index (χ4v) is 3.94. The molecule has 2 heterocycles. The fraction of sp³-hybridized carbons (Fsp3) is 0.182. The van der Waals surface area contributed by atoms with Crippen LogP contribution < -0.4 is 0 Å². The Morgan fingerprint density at radius 3 is 2.50 bits per heavy atom. The van der Waals surface area contributed by atoms with Crippen LogP contribution in [0.3, 0.4) is 0 Å². The molecule has 0 unspecified atom stereocenters. The van der Waals surface area contributed by atoms with Crippen LogP contribution in [0.1, 0.15) is 30.6 Å². The quantitative estimate of drug-likeness (QED) is 0.447. The van der Waals surface area contributed by atoms with Crippen molar-refractivity contribution in [1.29, 1.82) is 0 Å². The Labute approximate surface area is 166 Å². The second-order valence-electron chi connectivity index (χ2n) is 6.43. The highest BCUT2D eigenvalue weighted by molar-refractivity contribution is 7.21. The molecule has 0 saturated carbocycles. The first-order chi connectivity index (χ1) is 13.6. The number of hydrogen-bond acceptors (Lipinski definition) is 6. The molecule has 1 atom stereocenters.